The molecule has 3 rings (SSSR count). The molecule has 2 bridgehead atoms. The molecule has 3 unspecified atom stereocenters. The minimum atomic E-state index is 0.140. The van der Waals surface area contributed by atoms with Crippen molar-refractivity contribution in [1.82, 2.24) is 10.2 Å². The van der Waals surface area contributed by atoms with Gasteiger partial charge >= 0.3 is 0 Å². The maximum absolute atomic E-state index is 12.5. The van der Waals surface area contributed by atoms with E-state index in [9.17, 15) is 4.79 Å². The molecule has 2 aliphatic heterocycles. The molecule has 4 nitrogen and oxygen atoms in total. The number of fused-ring (bicyclic) bond motifs is 2. The van der Waals surface area contributed by atoms with Gasteiger partial charge in [-0.25, -0.2) is 0 Å². The van der Waals surface area contributed by atoms with Gasteiger partial charge in [0, 0.05) is 24.3 Å². The second-order valence-corrected chi connectivity index (χ2v) is 6.27. The molecular weight excluding hydrogens is 250 g/mol. The van der Waals surface area contributed by atoms with Gasteiger partial charge in [-0.05, 0) is 45.0 Å². The van der Waals surface area contributed by atoms with Gasteiger partial charge in [0.2, 0.25) is 5.91 Å². The van der Waals surface area contributed by atoms with Crippen molar-refractivity contribution in [1.29, 1.82) is 0 Å². The lowest BCUT2D eigenvalue weighted by molar-refractivity contribution is -0.120. The topological polar surface area (TPSA) is 44.4 Å². The molecule has 0 aromatic heterocycles. The van der Waals surface area contributed by atoms with E-state index >= 15 is 0 Å². The molecule has 108 valence electrons. The zero-order chi connectivity index (χ0) is 14.1. The molecule has 1 aromatic carbocycles. The summed E-state index contributed by atoms with van der Waals surface area (Å²) in [5.74, 6) is 0.317. The van der Waals surface area contributed by atoms with Gasteiger partial charge in [-0.2, -0.15) is 0 Å². The highest BCUT2D eigenvalue weighted by molar-refractivity contribution is 5.94. The number of hydrogen-bond donors (Lipinski definition) is 2. The van der Waals surface area contributed by atoms with Gasteiger partial charge in [0.25, 0.3) is 0 Å². The first kappa shape index (κ1) is 13.6. The zero-order valence-corrected chi connectivity index (χ0v) is 12.2. The van der Waals surface area contributed by atoms with E-state index in [1.165, 1.54) is 12.0 Å². The van der Waals surface area contributed by atoms with Crippen molar-refractivity contribution in [3.05, 3.63) is 29.8 Å². The fraction of sp³-hybridized carbons (Fsp3) is 0.562. The van der Waals surface area contributed by atoms with Crippen LogP contribution < -0.4 is 10.6 Å². The Balaban J connectivity index is 1.70. The number of carbonyl (C=O) groups excluding carboxylic acids is 1. The first-order valence-corrected chi connectivity index (χ1v) is 7.43. The summed E-state index contributed by atoms with van der Waals surface area (Å²) in [6, 6.07) is 9.03. The van der Waals surface area contributed by atoms with Crippen molar-refractivity contribution in [2.45, 2.75) is 37.9 Å². The lowest BCUT2D eigenvalue weighted by atomic mass is 9.88. The van der Waals surface area contributed by atoms with E-state index in [1.54, 1.807) is 0 Å². The van der Waals surface area contributed by atoms with Crippen LogP contribution >= 0.6 is 0 Å². The molecule has 0 radical (unpaired) electrons. The number of nitrogens with zero attached hydrogens (tertiary/aromatic N) is 1. The summed E-state index contributed by atoms with van der Waals surface area (Å²) in [4.78, 5) is 14.6. The lowest BCUT2D eigenvalue weighted by Crippen LogP contribution is -2.33. The predicted octanol–water partition coefficient (Wildman–Crippen LogP) is 1.83. The van der Waals surface area contributed by atoms with E-state index in [2.05, 4.69) is 21.6 Å². The molecule has 2 saturated heterocycles. The van der Waals surface area contributed by atoms with Gasteiger partial charge in [-0.1, -0.05) is 18.2 Å². The summed E-state index contributed by atoms with van der Waals surface area (Å²) in [5.41, 5.74) is 2.12. The van der Waals surface area contributed by atoms with Crippen LogP contribution in [-0.2, 0) is 11.3 Å². The zero-order valence-electron chi connectivity index (χ0n) is 12.2. The van der Waals surface area contributed by atoms with Crippen LogP contribution in [0.5, 0.6) is 0 Å². The van der Waals surface area contributed by atoms with E-state index in [1.807, 2.05) is 32.3 Å². The summed E-state index contributed by atoms with van der Waals surface area (Å²) < 4.78 is 0. The van der Waals surface area contributed by atoms with E-state index in [0.717, 1.165) is 25.1 Å². The Morgan fingerprint density at radius 3 is 2.80 bits per heavy atom. The monoisotopic (exact) mass is 273 g/mol. The molecule has 2 aliphatic rings. The van der Waals surface area contributed by atoms with Crippen LogP contribution in [-0.4, -0.2) is 37.0 Å². The van der Waals surface area contributed by atoms with E-state index < -0.39 is 0 Å². The number of nitrogens with one attached hydrogen (secondary N) is 2. The third-order valence-corrected chi connectivity index (χ3v) is 4.40. The van der Waals surface area contributed by atoms with Crippen LogP contribution in [0.1, 0.15) is 24.8 Å². The Morgan fingerprint density at radius 2 is 2.15 bits per heavy atom. The Hall–Kier alpha value is -1.39. The van der Waals surface area contributed by atoms with Crippen molar-refractivity contribution >= 4 is 11.6 Å². The smallest absolute Gasteiger partial charge is 0.229 e. The highest BCUT2D eigenvalue weighted by Gasteiger charge is 2.42. The first-order chi connectivity index (χ1) is 9.63. The van der Waals surface area contributed by atoms with Crippen molar-refractivity contribution in [3.63, 3.8) is 0 Å². The largest absolute Gasteiger partial charge is 0.325 e. The van der Waals surface area contributed by atoms with Crippen LogP contribution in [0, 0.1) is 5.92 Å². The SMILES string of the molecule is CN(C)Cc1ccccc1NC(=O)C1CC2CCC1N2. The number of carbonyl (C=O) groups is 1. The summed E-state index contributed by atoms with van der Waals surface area (Å²) in [6.45, 7) is 0.839. The van der Waals surface area contributed by atoms with Crippen molar-refractivity contribution in [2.24, 2.45) is 5.92 Å². The average molecular weight is 273 g/mol. The number of benzene rings is 1. The van der Waals surface area contributed by atoms with Gasteiger partial charge < -0.3 is 15.5 Å². The molecule has 0 aliphatic carbocycles. The Labute approximate surface area is 120 Å². The van der Waals surface area contributed by atoms with Crippen molar-refractivity contribution in [3.8, 4) is 0 Å². The highest BCUT2D eigenvalue weighted by atomic mass is 16.2. The molecular formula is C16H23N3O. The lowest BCUT2D eigenvalue weighted by Gasteiger charge is -2.21. The Bertz CT molecular complexity index is 500. The molecule has 1 amide bonds. The molecule has 0 saturated carbocycles. The molecule has 20 heavy (non-hydrogen) atoms. The highest BCUT2D eigenvalue weighted by Crippen LogP contribution is 2.34. The number of amides is 1. The minimum Gasteiger partial charge on any atom is -0.325 e. The molecule has 2 heterocycles. The number of para-hydroxylation sites is 1. The summed E-state index contributed by atoms with van der Waals surface area (Å²) in [5, 5.41) is 6.66. The summed E-state index contributed by atoms with van der Waals surface area (Å²) >= 11 is 0. The molecule has 4 heteroatoms. The molecule has 3 atom stereocenters. The molecule has 2 N–H and O–H groups in total. The van der Waals surface area contributed by atoms with E-state index in [4.69, 9.17) is 0 Å². The molecule has 2 fully saturated rings. The fourth-order valence-electron chi connectivity index (χ4n) is 3.46. The number of anilines is 1. The van der Waals surface area contributed by atoms with Crippen LogP contribution in [0.4, 0.5) is 5.69 Å². The van der Waals surface area contributed by atoms with Crippen LogP contribution in [0.25, 0.3) is 0 Å². The maximum Gasteiger partial charge on any atom is 0.229 e. The van der Waals surface area contributed by atoms with Crippen LogP contribution in [0.3, 0.4) is 0 Å². The third kappa shape index (κ3) is 2.72. The third-order valence-electron chi connectivity index (χ3n) is 4.40. The number of hydrogen-bond acceptors (Lipinski definition) is 3. The van der Waals surface area contributed by atoms with Gasteiger partial charge in [0.15, 0.2) is 0 Å². The van der Waals surface area contributed by atoms with Crippen LogP contribution in [0.15, 0.2) is 24.3 Å². The Morgan fingerprint density at radius 1 is 1.35 bits per heavy atom. The fourth-order valence-corrected chi connectivity index (χ4v) is 3.46. The van der Waals surface area contributed by atoms with Crippen molar-refractivity contribution < 1.29 is 4.79 Å². The average Bonchev–Trinajstić information content (AvgIpc) is 3.02. The normalized spacial score (nSPS) is 28.1. The maximum atomic E-state index is 12.5. The summed E-state index contributed by atoms with van der Waals surface area (Å²) in [6.07, 6.45) is 3.36. The van der Waals surface area contributed by atoms with Gasteiger partial charge in [0.1, 0.15) is 0 Å². The van der Waals surface area contributed by atoms with Gasteiger partial charge in [-0.15, -0.1) is 0 Å². The minimum absolute atomic E-state index is 0.140. The number of rotatable bonds is 4. The van der Waals surface area contributed by atoms with E-state index in [-0.39, 0.29) is 11.8 Å². The van der Waals surface area contributed by atoms with Gasteiger partial charge in [-0.3, -0.25) is 4.79 Å². The quantitative estimate of drug-likeness (QED) is 0.879. The van der Waals surface area contributed by atoms with E-state index in [0.29, 0.717) is 12.1 Å². The Kier molecular flexibility index (Phi) is 3.76. The second kappa shape index (κ2) is 5.54. The molecule has 1 aromatic rings. The summed E-state index contributed by atoms with van der Waals surface area (Å²) in [7, 11) is 4.08. The standard InChI is InChI=1S/C16H23N3O/c1-19(2)10-11-5-3-4-6-14(11)18-16(20)13-9-12-7-8-15(13)17-12/h3-6,12-13,15,17H,7-10H2,1-2H3,(H,18,20). The molecule has 0 spiro atoms. The second-order valence-electron chi connectivity index (χ2n) is 6.27. The van der Waals surface area contributed by atoms with Gasteiger partial charge in [0.05, 0.1) is 5.92 Å². The van der Waals surface area contributed by atoms with Crippen LogP contribution in [0.2, 0.25) is 0 Å². The van der Waals surface area contributed by atoms with Crippen molar-refractivity contribution in [2.75, 3.05) is 19.4 Å². The predicted molar refractivity (Wildman–Crippen MR) is 80.5 cm³/mol. The first-order valence-electron chi connectivity index (χ1n) is 7.43.